The molecule has 0 saturated carbocycles. The van der Waals surface area contributed by atoms with Crippen LogP contribution in [0.3, 0.4) is 0 Å². The van der Waals surface area contributed by atoms with Crippen molar-refractivity contribution in [1.82, 2.24) is 19.7 Å². The Hall–Kier alpha value is -3.47. The molecule has 170 valence electrons. The van der Waals surface area contributed by atoms with E-state index in [0.717, 1.165) is 42.7 Å². The fraction of sp³-hybridized carbons (Fsp3) is 0.321. The minimum Gasteiger partial charge on any atom is -0.490 e. The molecule has 0 fully saturated rings. The van der Waals surface area contributed by atoms with Crippen molar-refractivity contribution in [3.05, 3.63) is 107 Å². The van der Waals surface area contributed by atoms with Crippen molar-refractivity contribution in [3.8, 4) is 5.75 Å². The van der Waals surface area contributed by atoms with E-state index in [1.165, 1.54) is 22.3 Å². The molecule has 5 heteroatoms. The van der Waals surface area contributed by atoms with Crippen LogP contribution in [0.1, 0.15) is 53.8 Å². The Kier molecular flexibility index (Phi) is 7.51. The van der Waals surface area contributed by atoms with Gasteiger partial charge in [-0.15, -0.1) is 0 Å². The predicted molar refractivity (Wildman–Crippen MR) is 132 cm³/mol. The summed E-state index contributed by atoms with van der Waals surface area (Å²) in [6.07, 6.45) is 9.11. The Balaban J connectivity index is 1.64. The van der Waals surface area contributed by atoms with E-state index in [4.69, 9.17) is 4.74 Å². The van der Waals surface area contributed by atoms with Crippen LogP contribution in [0, 0.1) is 6.92 Å². The third-order valence-corrected chi connectivity index (χ3v) is 5.56. The molecule has 5 nitrogen and oxygen atoms in total. The van der Waals surface area contributed by atoms with Gasteiger partial charge in [-0.1, -0.05) is 36.4 Å². The van der Waals surface area contributed by atoms with Gasteiger partial charge in [0.25, 0.3) is 0 Å². The lowest BCUT2D eigenvalue weighted by Gasteiger charge is -2.20. The zero-order valence-electron chi connectivity index (χ0n) is 19.7. The molecule has 0 saturated heterocycles. The van der Waals surface area contributed by atoms with Gasteiger partial charge < -0.3 is 4.74 Å². The van der Waals surface area contributed by atoms with Crippen LogP contribution in [-0.4, -0.2) is 25.9 Å². The number of hydrogen-bond donors (Lipinski definition) is 0. The van der Waals surface area contributed by atoms with E-state index in [9.17, 15) is 0 Å². The second kappa shape index (κ2) is 10.9. The lowest BCUT2D eigenvalue weighted by Crippen LogP contribution is -2.13. The summed E-state index contributed by atoms with van der Waals surface area (Å²) in [7, 11) is 0. The quantitative estimate of drug-likeness (QED) is 0.323. The van der Waals surface area contributed by atoms with Crippen molar-refractivity contribution in [3.63, 3.8) is 0 Å². The highest BCUT2D eigenvalue weighted by atomic mass is 16.5. The lowest BCUT2D eigenvalue weighted by atomic mass is 9.95. The van der Waals surface area contributed by atoms with Crippen LogP contribution in [0.25, 0.3) is 0 Å². The van der Waals surface area contributed by atoms with Crippen LogP contribution in [0.5, 0.6) is 5.75 Å². The first-order valence-corrected chi connectivity index (χ1v) is 11.7. The normalized spacial score (nSPS) is 11.2. The minimum absolute atomic E-state index is 0.0941. The summed E-state index contributed by atoms with van der Waals surface area (Å²) in [5.74, 6) is 0.981. The number of ether oxygens (including phenoxy) is 1. The SMILES string of the molecule is Cc1ccnc(CCCc2cc(Cc3ccccc3)cc(Cn3cncn3)c2OC(C)C)c1. The van der Waals surface area contributed by atoms with Gasteiger partial charge in [-0.2, -0.15) is 5.10 Å². The Morgan fingerprint density at radius 3 is 2.48 bits per heavy atom. The number of pyridine rings is 1. The second-order valence-electron chi connectivity index (χ2n) is 8.84. The van der Waals surface area contributed by atoms with Crippen LogP contribution in [0.4, 0.5) is 0 Å². The van der Waals surface area contributed by atoms with E-state index in [-0.39, 0.29) is 6.10 Å². The van der Waals surface area contributed by atoms with Gasteiger partial charge >= 0.3 is 0 Å². The van der Waals surface area contributed by atoms with Crippen LogP contribution in [0.15, 0.2) is 73.4 Å². The summed E-state index contributed by atoms with van der Waals surface area (Å²) in [4.78, 5) is 8.65. The fourth-order valence-corrected chi connectivity index (χ4v) is 4.13. The van der Waals surface area contributed by atoms with Gasteiger partial charge in [0.15, 0.2) is 0 Å². The molecule has 0 radical (unpaired) electrons. The zero-order valence-corrected chi connectivity index (χ0v) is 19.7. The van der Waals surface area contributed by atoms with E-state index in [1.807, 2.05) is 16.9 Å². The molecule has 2 heterocycles. The number of aryl methyl sites for hydroxylation is 3. The molecule has 0 aliphatic carbocycles. The average molecular weight is 441 g/mol. The van der Waals surface area contributed by atoms with E-state index in [1.54, 1.807) is 12.7 Å². The monoisotopic (exact) mass is 440 g/mol. The highest BCUT2D eigenvalue weighted by Crippen LogP contribution is 2.30. The molecule has 0 atom stereocenters. The van der Waals surface area contributed by atoms with Crippen molar-refractivity contribution in [2.24, 2.45) is 0 Å². The third-order valence-electron chi connectivity index (χ3n) is 5.56. The summed E-state index contributed by atoms with van der Waals surface area (Å²) < 4.78 is 8.23. The Labute approximate surface area is 196 Å². The lowest BCUT2D eigenvalue weighted by molar-refractivity contribution is 0.236. The Morgan fingerprint density at radius 2 is 1.76 bits per heavy atom. The number of rotatable bonds is 10. The average Bonchev–Trinajstić information content (AvgIpc) is 3.30. The molecule has 4 aromatic rings. The number of hydrogen-bond acceptors (Lipinski definition) is 4. The van der Waals surface area contributed by atoms with Crippen LogP contribution in [0.2, 0.25) is 0 Å². The zero-order chi connectivity index (χ0) is 23.0. The second-order valence-corrected chi connectivity index (χ2v) is 8.84. The fourth-order valence-electron chi connectivity index (χ4n) is 4.13. The highest BCUT2D eigenvalue weighted by Gasteiger charge is 2.15. The Bertz CT molecular complexity index is 1150. The number of benzene rings is 2. The molecule has 0 bridgehead atoms. The van der Waals surface area contributed by atoms with Gasteiger partial charge in [-0.05, 0) is 86.9 Å². The minimum atomic E-state index is 0.0941. The van der Waals surface area contributed by atoms with Crippen molar-refractivity contribution in [2.45, 2.75) is 59.1 Å². The van der Waals surface area contributed by atoms with Gasteiger partial charge in [-0.3, -0.25) is 4.98 Å². The van der Waals surface area contributed by atoms with Gasteiger partial charge in [0.05, 0.1) is 12.6 Å². The first-order valence-electron chi connectivity index (χ1n) is 11.7. The van der Waals surface area contributed by atoms with Crippen molar-refractivity contribution < 1.29 is 4.74 Å². The first-order chi connectivity index (χ1) is 16.1. The third kappa shape index (κ3) is 6.51. The van der Waals surface area contributed by atoms with E-state index < -0.39 is 0 Å². The number of nitrogens with zero attached hydrogens (tertiary/aromatic N) is 4. The van der Waals surface area contributed by atoms with Crippen molar-refractivity contribution in [1.29, 1.82) is 0 Å². The van der Waals surface area contributed by atoms with Crippen LogP contribution < -0.4 is 4.74 Å². The molecule has 0 unspecified atom stereocenters. The van der Waals surface area contributed by atoms with Crippen LogP contribution in [-0.2, 0) is 25.8 Å². The molecule has 0 amide bonds. The molecule has 2 aromatic carbocycles. The molecule has 0 aliphatic rings. The maximum Gasteiger partial charge on any atom is 0.137 e. The smallest absolute Gasteiger partial charge is 0.137 e. The summed E-state index contributed by atoms with van der Waals surface area (Å²) in [6, 6.07) is 19.4. The predicted octanol–water partition coefficient (Wildman–Crippen LogP) is 5.58. The summed E-state index contributed by atoms with van der Waals surface area (Å²) in [6.45, 7) is 6.91. The molecule has 0 N–H and O–H groups in total. The van der Waals surface area contributed by atoms with Gasteiger partial charge in [0.2, 0.25) is 0 Å². The maximum absolute atomic E-state index is 6.38. The van der Waals surface area contributed by atoms with E-state index in [0.29, 0.717) is 6.54 Å². The maximum atomic E-state index is 6.38. The first kappa shape index (κ1) is 22.7. The largest absolute Gasteiger partial charge is 0.490 e. The summed E-state index contributed by atoms with van der Waals surface area (Å²) in [5.41, 5.74) is 7.38. The van der Waals surface area contributed by atoms with Gasteiger partial charge in [-0.25, -0.2) is 9.67 Å². The standard InChI is InChI=1S/C28H32N4O/c1-21(2)33-28-25(10-7-11-27-14-22(3)12-13-30-27)16-24(15-23-8-5-4-6-9-23)17-26(28)18-32-20-29-19-31-32/h4-6,8-9,12-14,16-17,19-21H,7,10-11,15,18H2,1-3H3. The highest BCUT2D eigenvalue weighted by molar-refractivity contribution is 5.46. The molecular formula is C28H32N4O. The molecule has 2 aromatic heterocycles. The molecule has 0 aliphatic heterocycles. The van der Waals surface area contributed by atoms with Crippen molar-refractivity contribution >= 4 is 0 Å². The summed E-state index contributed by atoms with van der Waals surface area (Å²) >= 11 is 0. The van der Waals surface area contributed by atoms with Gasteiger partial charge in [0.1, 0.15) is 18.4 Å². The molecule has 33 heavy (non-hydrogen) atoms. The summed E-state index contributed by atoms with van der Waals surface area (Å²) in [5, 5.41) is 4.33. The number of aromatic nitrogens is 4. The Morgan fingerprint density at radius 1 is 0.939 bits per heavy atom. The molecule has 0 spiro atoms. The van der Waals surface area contributed by atoms with Crippen LogP contribution >= 0.6 is 0 Å². The van der Waals surface area contributed by atoms with Gasteiger partial charge in [0, 0.05) is 17.5 Å². The van der Waals surface area contributed by atoms with E-state index in [2.05, 4.69) is 84.4 Å². The topological polar surface area (TPSA) is 52.8 Å². The molecular weight excluding hydrogens is 408 g/mol. The van der Waals surface area contributed by atoms with Crippen molar-refractivity contribution in [2.75, 3.05) is 0 Å². The van der Waals surface area contributed by atoms with E-state index >= 15 is 0 Å². The molecule has 4 rings (SSSR count).